The summed E-state index contributed by atoms with van der Waals surface area (Å²) in [5.41, 5.74) is 0.624. The molecule has 6 rings (SSSR count). The Bertz CT molecular complexity index is 1940. The second kappa shape index (κ2) is 13.1. The molecule has 9 nitrogen and oxygen atoms in total. The van der Waals surface area contributed by atoms with E-state index in [1.54, 1.807) is 25.6 Å². The van der Waals surface area contributed by atoms with E-state index < -0.39 is 35.2 Å². The molecule has 230 valence electrons. The van der Waals surface area contributed by atoms with Crippen LogP contribution in [0.25, 0.3) is 20.8 Å². The number of pyridine rings is 2. The van der Waals surface area contributed by atoms with Crippen molar-refractivity contribution in [3.63, 3.8) is 0 Å². The zero-order valence-corrected chi connectivity index (χ0v) is 24.8. The lowest BCUT2D eigenvalue weighted by atomic mass is 10.0. The third-order valence-corrected chi connectivity index (χ3v) is 8.24. The fraction of sp³-hybridized carbons (Fsp3) is 0.212. The fourth-order valence-electron chi connectivity index (χ4n) is 4.50. The Hall–Kier alpha value is -4.78. The van der Waals surface area contributed by atoms with Crippen LogP contribution in [0.15, 0.2) is 79.1 Å². The van der Waals surface area contributed by atoms with Crippen LogP contribution < -0.4 is 20.7 Å². The number of methoxy groups -OCH3 is 1. The van der Waals surface area contributed by atoms with Gasteiger partial charge in [-0.1, -0.05) is 6.07 Å². The van der Waals surface area contributed by atoms with Gasteiger partial charge < -0.3 is 25.4 Å². The monoisotopic (exact) mass is 631 g/mol. The Morgan fingerprint density at radius 3 is 2.42 bits per heavy atom. The van der Waals surface area contributed by atoms with Gasteiger partial charge in [-0.15, -0.1) is 11.3 Å². The maximum atomic E-state index is 15.3. The second-order valence-corrected chi connectivity index (χ2v) is 11.3. The predicted molar refractivity (Wildman–Crippen MR) is 168 cm³/mol. The van der Waals surface area contributed by atoms with Crippen LogP contribution in [-0.2, 0) is 20.9 Å². The number of ether oxygens (including phenoxy) is 2. The lowest BCUT2D eigenvalue weighted by Crippen LogP contribution is -2.35. The largest absolute Gasteiger partial charge is 0.453 e. The van der Waals surface area contributed by atoms with Crippen LogP contribution in [-0.4, -0.2) is 42.0 Å². The SMILES string of the molecule is [2H]C1([2H])CC1(C(=O)Nc1ccc(F)cc1)C(=O)Nc1ccc(Oc2ccnc3cc(-c4ccc(CNCCOC)cn4)sc23)c(F)c1. The van der Waals surface area contributed by atoms with E-state index in [9.17, 15) is 14.0 Å². The quantitative estimate of drug-likeness (QED) is 0.106. The number of halogens is 2. The van der Waals surface area contributed by atoms with E-state index in [1.807, 2.05) is 18.2 Å². The van der Waals surface area contributed by atoms with Crippen LogP contribution in [0, 0.1) is 17.0 Å². The number of amides is 2. The molecule has 1 fully saturated rings. The Labute approximate surface area is 264 Å². The average molecular weight is 632 g/mol. The Balaban J connectivity index is 1.14. The summed E-state index contributed by atoms with van der Waals surface area (Å²) in [7, 11) is 1.65. The van der Waals surface area contributed by atoms with E-state index in [0.29, 0.717) is 29.1 Å². The summed E-state index contributed by atoms with van der Waals surface area (Å²) >= 11 is 1.40. The molecule has 1 aliphatic carbocycles. The molecular weight excluding hydrogens is 600 g/mol. The Kier molecular flexibility index (Phi) is 8.06. The van der Waals surface area contributed by atoms with Gasteiger partial charge in [0.2, 0.25) is 11.8 Å². The van der Waals surface area contributed by atoms with E-state index in [2.05, 4.69) is 25.9 Å². The predicted octanol–water partition coefficient (Wildman–Crippen LogP) is 6.52. The number of hydrogen-bond donors (Lipinski definition) is 3. The first-order valence-corrected chi connectivity index (χ1v) is 14.8. The Morgan fingerprint density at radius 2 is 1.73 bits per heavy atom. The van der Waals surface area contributed by atoms with Gasteiger partial charge >= 0.3 is 0 Å². The Morgan fingerprint density at radius 1 is 0.978 bits per heavy atom. The summed E-state index contributed by atoms with van der Waals surface area (Å²) in [6.07, 6.45) is 0.864. The van der Waals surface area contributed by atoms with Crippen LogP contribution in [0.4, 0.5) is 20.2 Å². The number of anilines is 2. The molecule has 0 spiro atoms. The molecule has 1 atom stereocenters. The van der Waals surface area contributed by atoms with Crippen LogP contribution in [0.3, 0.4) is 0 Å². The third-order valence-electron chi connectivity index (χ3n) is 7.08. The molecule has 0 saturated heterocycles. The number of nitrogens with one attached hydrogen (secondary N) is 3. The number of fused-ring (bicyclic) bond motifs is 1. The highest BCUT2D eigenvalue weighted by Gasteiger charge is 2.56. The zero-order valence-electron chi connectivity index (χ0n) is 26.0. The fourth-order valence-corrected chi connectivity index (χ4v) is 5.55. The van der Waals surface area contributed by atoms with Crippen molar-refractivity contribution >= 4 is 44.7 Å². The van der Waals surface area contributed by atoms with Crippen molar-refractivity contribution in [2.45, 2.75) is 19.3 Å². The van der Waals surface area contributed by atoms with E-state index in [4.69, 9.17) is 12.2 Å². The van der Waals surface area contributed by atoms with Crippen molar-refractivity contribution in [3.8, 4) is 22.1 Å². The van der Waals surface area contributed by atoms with E-state index in [1.165, 1.54) is 35.6 Å². The minimum absolute atomic E-state index is 0.0122. The summed E-state index contributed by atoms with van der Waals surface area (Å²) in [4.78, 5) is 36.1. The number of nitrogens with zero attached hydrogens (tertiary/aromatic N) is 2. The number of benzene rings is 2. The maximum absolute atomic E-state index is 15.3. The zero-order chi connectivity index (χ0) is 33.2. The van der Waals surface area contributed by atoms with Gasteiger partial charge in [0.15, 0.2) is 11.6 Å². The van der Waals surface area contributed by atoms with E-state index in [-0.39, 0.29) is 23.5 Å². The smallest absolute Gasteiger partial charge is 0.240 e. The van der Waals surface area contributed by atoms with Crippen molar-refractivity contribution in [3.05, 3.63) is 96.3 Å². The molecule has 3 aromatic heterocycles. The maximum Gasteiger partial charge on any atom is 0.240 e. The molecule has 1 saturated carbocycles. The van der Waals surface area contributed by atoms with Gasteiger partial charge in [0.1, 0.15) is 17.0 Å². The summed E-state index contributed by atoms with van der Waals surface area (Å²) in [6, 6.07) is 16.1. The molecule has 2 aromatic carbocycles. The minimum atomic E-state index is -2.13. The molecule has 0 radical (unpaired) electrons. The molecular formula is C33H29F2N5O4S. The van der Waals surface area contributed by atoms with Crippen molar-refractivity contribution in [1.82, 2.24) is 15.3 Å². The molecule has 45 heavy (non-hydrogen) atoms. The number of carbonyl (C=O) groups is 2. The van der Waals surface area contributed by atoms with Crippen LogP contribution >= 0.6 is 11.3 Å². The summed E-state index contributed by atoms with van der Waals surface area (Å²) < 4.78 is 56.4. The molecule has 3 heterocycles. The van der Waals surface area contributed by atoms with E-state index in [0.717, 1.165) is 40.9 Å². The molecule has 0 aliphatic heterocycles. The standard InChI is InChI=1S/C33H29F2N5O4S/c1-43-15-14-36-18-20-2-8-25(38-19-20)29-17-26-30(45-29)28(10-13-37-26)44-27-9-7-23(16-24(27)35)40-32(42)33(11-12-33)31(41)39-22-5-3-21(34)4-6-22/h2-10,13,16-17,19,36H,11-12,14-15,18H2,1H3,(H,39,41)(H,40,42)/i11D2. The second-order valence-electron chi connectivity index (χ2n) is 10.3. The van der Waals surface area contributed by atoms with Crippen molar-refractivity contribution in [2.24, 2.45) is 5.41 Å². The van der Waals surface area contributed by atoms with Crippen molar-refractivity contribution in [1.29, 1.82) is 0 Å². The van der Waals surface area contributed by atoms with Gasteiger partial charge in [-0.25, -0.2) is 8.78 Å². The van der Waals surface area contributed by atoms with Gasteiger partial charge in [-0.3, -0.25) is 19.6 Å². The minimum Gasteiger partial charge on any atom is -0.453 e. The first-order valence-electron chi connectivity index (χ1n) is 15.0. The summed E-state index contributed by atoms with van der Waals surface area (Å²) in [6.45, 7) is 2.02. The highest BCUT2D eigenvalue weighted by molar-refractivity contribution is 7.22. The van der Waals surface area contributed by atoms with Crippen LogP contribution in [0.1, 0.15) is 21.1 Å². The average Bonchev–Trinajstić information content (AvgIpc) is 3.40. The van der Waals surface area contributed by atoms with Gasteiger partial charge in [0.25, 0.3) is 0 Å². The molecule has 1 unspecified atom stereocenters. The van der Waals surface area contributed by atoms with Crippen molar-refractivity contribution in [2.75, 3.05) is 30.9 Å². The summed E-state index contributed by atoms with van der Waals surface area (Å²) in [5.74, 6) is -2.85. The van der Waals surface area contributed by atoms with Gasteiger partial charge in [0.05, 0.1) is 27.4 Å². The van der Waals surface area contributed by atoms with Crippen molar-refractivity contribution < 1.29 is 30.6 Å². The van der Waals surface area contributed by atoms with Crippen LogP contribution in [0.5, 0.6) is 11.5 Å². The topological polar surface area (TPSA) is 114 Å². The lowest BCUT2D eigenvalue weighted by Gasteiger charge is -2.16. The number of hydrogen-bond acceptors (Lipinski definition) is 8. The lowest BCUT2D eigenvalue weighted by molar-refractivity contribution is -0.131. The summed E-state index contributed by atoms with van der Waals surface area (Å²) in [5, 5.41) is 8.20. The molecule has 1 aliphatic rings. The van der Waals surface area contributed by atoms with Gasteiger partial charge in [-0.05, 0) is 66.9 Å². The molecule has 12 heteroatoms. The molecule has 3 N–H and O–H groups in total. The first-order chi connectivity index (χ1) is 22.6. The number of aromatic nitrogens is 2. The molecule has 2 amide bonds. The highest BCUT2D eigenvalue weighted by atomic mass is 32.1. The molecule has 5 aromatic rings. The normalized spacial score (nSPS) is 17.3. The van der Waals surface area contributed by atoms with Gasteiger partial charge in [0, 0.05) is 58.8 Å². The number of rotatable bonds is 12. The number of thiophene rings is 1. The molecule has 0 bridgehead atoms. The highest BCUT2D eigenvalue weighted by Crippen LogP contribution is 2.48. The first kappa shape index (κ1) is 27.7. The number of carbonyl (C=O) groups excluding carboxylic acids is 2. The van der Waals surface area contributed by atoms with Crippen LogP contribution in [0.2, 0.25) is 0 Å². The van der Waals surface area contributed by atoms with Gasteiger partial charge in [-0.2, -0.15) is 0 Å². The van der Waals surface area contributed by atoms with E-state index >= 15 is 4.39 Å². The third kappa shape index (κ3) is 6.83.